The highest BCUT2D eigenvalue weighted by Crippen LogP contribution is 2.40. The Kier molecular flexibility index (Phi) is 3.45. The third-order valence-electron chi connectivity index (χ3n) is 2.94. The zero-order valence-corrected chi connectivity index (χ0v) is 13.4. The van der Waals surface area contributed by atoms with Crippen LogP contribution in [0.3, 0.4) is 0 Å². The third-order valence-corrected chi connectivity index (χ3v) is 5.68. The molecule has 2 rings (SSSR count). The molecule has 0 saturated carbocycles. The van der Waals surface area contributed by atoms with E-state index < -0.39 is 0 Å². The van der Waals surface area contributed by atoms with Crippen LogP contribution in [0.5, 0.6) is 0 Å². The molecular weight excluding hydrogens is 264 g/mol. The van der Waals surface area contributed by atoms with Crippen LogP contribution in [0.15, 0.2) is 12.1 Å². The second kappa shape index (κ2) is 4.45. The molecule has 1 aromatic heterocycles. The Morgan fingerprint density at radius 2 is 1.65 bits per heavy atom. The third kappa shape index (κ3) is 2.47. The summed E-state index contributed by atoms with van der Waals surface area (Å²) in [5, 5.41) is 0. The molecule has 0 N–H and O–H groups in total. The summed E-state index contributed by atoms with van der Waals surface area (Å²) in [4.78, 5) is 0. The molecule has 1 aromatic carbocycles. The highest BCUT2D eigenvalue weighted by atomic mass is 32.2. The van der Waals surface area contributed by atoms with Crippen molar-refractivity contribution >= 4 is 44.3 Å². The van der Waals surface area contributed by atoms with Gasteiger partial charge >= 0.3 is 0 Å². The van der Waals surface area contributed by atoms with Crippen LogP contribution in [0.1, 0.15) is 51.7 Å². The molecule has 0 saturated heterocycles. The van der Waals surface area contributed by atoms with Gasteiger partial charge in [0.05, 0.1) is 9.40 Å². The van der Waals surface area contributed by atoms with Crippen molar-refractivity contribution in [3.05, 3.63) is 26.4 Å². The van der Waals surface area contributed by atoms with Gasteiger partial charge in [-0.15, -0.1) is 22.7 Å². The van der Waals surface area contributed by atoms with E-state index in [4.69, 9.17) is 12.2 Å². The van der Waals surface area contributed by atoms with Gasteiger partial charge in [0.15, 0.2) is 0 Å². The lowest BCUT2D eigenvalue weighted by Crippen LogP contribution is -2.11. The molecule has 0 aliphatic carbocycles. The van der Waals surface area contributed by atoms with Gasteiger partial charge in [-0.25, -0.2) is 0 Å². The van der Waals surface area contributed by atoms with E-state index in [0.717, 1.165) is 3.14 Å². The maximum absolute atomic E-state index is 5.38. The van der Waals surface area contributed by atoms with Crippen LogP contribution >= 0.6 is 34.9 Å². The van der Waals surface area contributed by atoms with Gasteiger partial charge in [-0.1, -0.05) is 59.0 Å². The first kappa shape index (κ1) is 13.2. The van der Waals surface area contributed by atoms with E-state index in [1.54, 1.807) is 22.7 Å². The predicted octanol–water partition coefficient (Wildman–Crippen LogP) is 6.11. The molecule has 0 spiro atoms. The van der Waals surface area contributed by atoms with E-state index >= 15 is 0 Å². The molecule has 0 bridgehead atoms. The topological polar surface area (TPSA) is 0 Å². The molecule has 0 fully saturated rings. The van der Waals surface area contributed by atoms with E-state index in [1.165, 1.54) is 20.5 Å². The summed E-state index contributed by atoms with van der Waals surface area (Å²) in [7, 11) is 0. The fraction of sp³-hybridized carbons (Fsp3) is 0.500. The maximum atomic E-state index is 5.38. The number of benzene rings is 1. The highest BCUT2D eigenvalue weighted by molar-refractivity contribution is 7.77. The zero-order chi connectivity index (χ0) is 12.8. The Morgan fingerprint density at radius 1 is 1.06 bits per heavy atom. The van der Waals surface area contributed by atoms with Gasteiger partial charge in [0.1, 0.15) is 3.14 Å². The van der Waals surface area contributed by atoms with E-state index in [2.05, 4.69) is 46.8 Å². The molecule has 0 aliphatic heterocycles. The lowest BCUT2D eigenvalue weighted by molar-refractivity contribution is 0.596. The molecule has 0 atom stereocenters. The minimum atomic E-state index is 0.188. The van der Waals surface area contributed by atoms with Crippen LogP contribution in [0.4, 0.5) is 0 Å². The van der Waals surface area contributed by atoms with Gasteiger partial charge in [0.2, 0.25) is 0 Å². The fourth-order valence-electron chi connectivity index (χ4n) is 2.02. The van der Waals surface area contributed by atoms with Gasteiger partial charge in [-0.05, 0) is 22.5 Å². The summed E-state index contributed by atoms with van der Waals surface area (Å²) in [6.07, 6.45) is 0. The van der Waals surface area contributed by atoms with Crippen LogP contribution < -0.4 is 0 Å². The Bertz CT molecular complexity index is 594. The van der Waals surface area contributed by atoms with Crippen LogP contribution in [0.2, 0.25) is 0 Å². The average molecular weight is 282 g/mol. The monoisotopic (exact) mass is 282 g/mol. The number of rotatable bonds is 1. The number of hydrogen-bond acceptors (Lipinski definition) is 3. The molecule has 2 aromatic rings. The van der Waals surface area contributed by atoms with Crippen molar-refractivity contribution in [2.45, 2.75) is 46.0 Å². The first-order chi connectivity index (χ1) is 7.80. The highest BCUT2D eigenvalue weighted by Gasteiger charge is 2.20. The smallest absolute Gasteiger partial charge is 0.112 e. The average Bonchev–Trinajstić information content (AvgIpc) is 2.54. The minimum absolute atomic E-state index is 0.188. The first-order valence-corrected chi connectivity index (χ1v) is 7.92. The van der Waals surface area contributed by atoms with Crippen molar-refractivity contribution < 1.29 is 0 Å². The molecular formula is C14H18S3. The Morgan fingerprint density at radius 3 is 2.18 bits per heavy atom. The van der Waals surface area contributed by atoms with Gasteiger partial charge < -0.3 is 0 Å². The lowest BCUT2D eigenvalue weighted by Gasteiger charge is -2.21. The van der Waals surface area contributed by atoms with Gasteiger partial charge in [0.25, 0.3) is 0 Å². The summed E-state index contributed by atoms with van der Waals surface area (Å²) in [6, 6.07) is 4.57. The van der Waals surface area contributed by atoms with Crippen LogP contribution in [0, 0.1) is 3.14 Å². The van der Waals surface area contributed by atoms with Gasteiger partial charge in [0, 0.05) is 0 Å². The van der Waals surface area contributed by atoms with E-state index in [0.29, 0.717) is 5.92 Å². The van der Waals surface area contributed by atoms with Crippen molar-refractivity contribution in [3.63, 3.8) is 0 Å². The second-order valence-electron chi connectivity index (χ2n) is 5.72. The molecule has 0 radical (unpaired) electrons. The minimum Gasteiger partial charge on any atom is -0.112 e. The van der Waals surface area contributed by atoms with Crippen molar-refractivity contribution in [1.29, 1.82) is 0 Å². The van der Waals surface area contributed by atoms with Crippen LogP contribution in [-0.4, -0.2) is 0 Å². The van der Waals surface area contributed by atoms with E-state index in [1.807, 2.05) is 0 Å². The summed E-state index contributed by atoms with van der Waals surface area (Å²) < 4.78 is 3.85. The Labute approximate surface area is 116 Å². The van der Waals surface area contributed by atoms with Gasteiger partial charge in [-0.2, -0.15) is 0 Å². The summed E-state index contributed by atoms with van der Waals surface area (Å²) >= 11 is 8.92. The largest absolute Gasteiger partial charge is 0.144 e. The summed E-state index contributed by atoms with van der Waals surface area (Å²) in [5.41, 5.74) is 3.05. The number of fused-ring (bicyclic) bond motifs is 1. The van der Waals surface area contributed by atoms with Crippen LogP contribution in [0.25, 0.3) is 9.40 Å². The predicted molar refractivity (Wildman–Crippen MR) is 83.3 cm³/mol. The second-order valence-corrected chi connectivity index (χ2v) is 8.94. The lowest BCUT2D eigenvalue weighted by atomic mass is 9.86. The van der Waals surface area contributed by atoms with E-state index in [9.17, 15) is 0 Å². The Hall–Kier alpha value is -0.250. The first-order valence-electron chi connectivity index (χ1n) is 5.87. The zero-order valence-electron chi connectivity index (χ0n) is 11.0. The van der Waals surface area contributed by atoms with Crippen molar-refractivity contribution in [1.82, 2.24) is 0 Å². The SMILES string of the molecule is CC(C)c1ccc(C(C)(C)C)c2sc(=S)sc12. The fourth-order valence-corrected chi connectivity index (χ4v) is 5.09. The standard InChI is InChI=1S/C14H18S3/c1-8(2)9-6-7-10(14(3,4)5)12-11(9)16-13(15)17-12/h6-8H,1-5H3. The molecule has 0 aliphatic rings. The Balaban J connectivity index is 2.84. The quantitative estimate of drug-likeness (QED) is 0.568. The maximum Gasteiger partial charge on any atom is 0.144 e. The molecule has 1 heterocycles. The molecule has 92 valence electrons. The summed E-state index contributed by atoms with van der Waals surface area (Å²) in [5.74, 6) is 0.562. The molecule has 0 nitrogen and oxygen atoms in total. The normalized spacial score (nSPS) is 12.6. The molecule has 0 amide bonds. The number of hydrogen-bond donors (Lipinski definition) is 0. The van der Waals surface area contributed by atoms with Crippen molar-refractivity contribution in [2.75, 3.05) is 0 Å². The summed E-state index contributed by atoms with van der Waals surface area (Å²) in [6.45, 7) is 11.3. The molecule has 17 heavy (non-hydrogen) atoms. The molecule has 3 heteroatoms. The van der Waals surface area contributed by atoms with Crippen molar-refractivity contribution in [2.24, 2.45) is 0 Å². The molecule has 0 unspecified atom stereocenters. The van der Waals surface area contributed by atoms with Crippen LogP contribution in [-0.2, 0) is 5.41 Å². The van der Waals surface area contributed by atoms with E-state index in [-0.39, 0.29) is 5.41 Å². The van der Waals surface area contributed by atoms with Gasteiger partial charge in [-0.3, -0.25) is 0 Å². The van der Waals surface area contributed by atoms with Crippen molar-refractivity contribution in [3.8, 4) is 0 Å².